The lowest BCUT2D eigenvalue weighted by Gasteiger charge is -2.04. The average molecular weight is 235 g/mol. The number of pyridine rings is 1. The summed E-state index contributed by atoms with van der Waals surface area (Å²) in [4.78, 5) is 36.2. The largest absolute Gasteiger partial charge is 0.478 e. The van der Waals surface area contributed by atoms with Crippen LogP contribution in [0.2, 0.25) is 0 Å². The molecule has 1 rings (SSSR count). The molecule has 1 aromatic rings. The van der Waals surface area contributed by atoms with Crippen LogP contribution in [0.5, 0.6) is 0 Å². The van der Waals surface area contributed by atoms with Crippen molar-refractivity contribution < 1.29 is 19.5 Å². The molecule has 0 saturated carbocycles. The number of hydrogen-bond donors (Lipinski definition) is 3. The zero-order chi connectivity index (χ0) is 12.7. The van der Waals surface area contributed by atoms with E-state index in [1.807, 2.05) is 5.43 Å². The first kappa shape index (κ1) is 12.4. The summed E-state index contributed by atoms with van der Waals surface area (Å²) in [5.41, 5.74) is 4.46. The van der Waals surface area contributed by atoms with Gasteiger partial charge < -0.3 is 5.11 Å². The molecule has 0 atom stereocenters. The molecule has 0 bridgehead atoms. The van der Waals surface area contributed by atoms with E-state index in [4.69, 9.17) is 5.11 Å². The number of hydrogen-bond acceptors (Lipinski definition) is 4. The number of rotatable bonds is 3. The number of nitrogens with one attached hydrogen (secondary N) is 2. The Morgan fingerprint density at radius 3 is 2.35 bits per heavy atom. The van der Waals surface area contributed by atoms with Crippen LogP contribution in [0.1, 0.15) is 10.4 Å². The molecule has 0 aliphatic carbocycles. The van der Waals surface area contributed by atoms with E-state index in [1.165, 1.54) is 24.5 Å². The van der Waals surface area contributed by atoms with Crippen LogP contribution in [0.25, 0.3) is 0 Å². The molecule has 17 heavy (non-hydrogen) atoms. The Morgan fingerprint density at radius 2 is 1.76 bits per heavy atom. The first-order valence-electron chi connectivity index (χ1n) is 4.51. The number of nitrogens with zero attached hydrogens (tertiary/aromatic N) is 1. The van der Waals surface area contributed by atoms with Crippen molar-refractivity contribution in [1.82, 2.24) is 15.8 Å². The van der Waals surface area contributed by atoms with Crippen LogP contribution in [-0.4, -0.2) is 27.9 Å². The maximum Gasteiger partial charge on any atom is 0.328 e. The summed E-state index contributed by atoms with van der Waals surface area (Å²) in [5.74, 6) is -2.51. The van der Waals surface area contributed by atoms with Crippen LogP contribution in [0.3, 0.4) is 0 Å². The molecule has 0 aliphatic rings. The number of carboxylic acids is 1. The summed E-state index contributed by atoms with van der Waals surface area (Å²) in [6, 6.07) is 2.93. The van der Waals surface area contributed by atoms with E-state index in [1.54, 1.807) is 0 Å². The fourth-order valence-electron chi connectivity index (χ4n) is 0.882. The summed E-state index contributed by atoms with van der Waals surface area (Å²) in [7, 11) is 0. The predicted octanol–water partition coefficient (Wildman–Crippen LogP) is -0.517. The molecule has 2 amide bonds. The highest BCUT2D eigenvalue weighted by Crippen LogP contribution is 1.94. The van der Waals surface area contributed by atoms with E-state index in [0.29, 0.717) is 11.6 Å². The SMILES string of the molecule is O=C(O)/C=C/C(=O)NNC(=O)c1ccncc1. The molecular formula is C10H9N3O4. The molecule has 88 valence electrons. The van der Waals surface area contributed by atoms with Gasteiger partial charge >= 0.3 is 5.97 Å². The van der Waals surface area contributed by atoms with Crippen molar-refractivity contribution in [3.8, 4) is 0 Å². The third-order valence-corrected chi connectivity index (χ3v) is 1.62. The Kier molecular flexibility index (Phi) is 4.37. The Morgan fingerprint density at radius 1 is 1.12 bits per heavy atom. The average Bonchev–Trinajstić information content (AvgIpc) is 2.34. The lowest BCUT2D eigenvalue weighted by molar-refractivity contribution is -0.131. The Labute approximate surface area is 96.1 Å². The Balaban J connectivity index is 2.44. The van der Waals surface area contributed by atoms with Crippen molar-refractivity contribution in [3.63, 3.8) is 0 Å². The second-order valence-electron chi connectivity index (χ2n) is 2.85. The number of amides is 2. The van der Waals surface area contributed by atoms with Crippen LogP contribution in [0, 0.1) is 0 Å². The third kappa shape index (κ3) is 4.56. The molecule has 0 unspecified atom stereocenters. The molecule has 1 aromatic heterocycles. The van der Waals surface area contributed by atoms with E-state index in [9.17, 15) is 14.4 Å². The minimum atomic E-state index is -1.25. The normalized spacial score (nSPS) is 9.88. The van der Waals surface area contributed by atoms with Gasteiger partial charge in [-0.05, 0) is 12.1 Å². The monoisotopic (exact) mass is 235 g/mol. The van der Waals surface area contributed by atoms with E-state index >= 15 is 0 Å². The second kappa shape index (κ2) is 6.01. The predicted molar refractivity (Wildman–Crippen MR) is 56.6 cm³/mol. The van der Waals surface area contributed by atoms with E-state index in [0.717, 1.165) is 6.08 Å². The Bertz CT molecular complexity index is 456. The van der Waals surface area contributed by atoms with Gasteiger partial charge in [0.05, 0.1) is 0 Å². The van der Waals surface area contributed by atoms with Gasteiger partial charge in [0.25, 0.3) is 11.8 Å². The summed E-state index contributed by atoms with van der Waals surface area (Å²) in [6.07, 6.45) is 4.31. The van der Waals surface area contributed by atoms with Crippen LogP contribution < -0.4 is 10.9 Å². The second-order valence-corrected chi connectivity index (χ2v) is 2.85. The maximum absolute atomic E-state index is 11.4. The molecule has 7 heteroatoms. The van der Waals surface area contributed by atoms with E-state index in [-0.39, 0.29) is 0 Å². The lowest BCUT2D eigenvalue weighted by Crippen LogP contribution is -2.40. The summed E-state index contributed by atoms with van der Waals surface area (Å²) in [6.45, 7) is 0. The minimum absolute atomic E-state index is 0.322. The first-order valence-corrected chi connectivity index (χ1v) is 4.51. The topological polar surface area (TPSA) is 108 Å². The van der Waals surface area contributed by atoms with E-state index in [2.05, 4.69) is 10.4 Å². The van der Waals surface area contributed by atoms with Crippen LogP contribution >= 0.6 is 0 Å². The van der Waals surface area contributed by atoms with Crippen LogP contribution in [-0.2, 0) is 9.59 Å². The Hall–Kier alpha value is -2.70. The molecule has 0 aromatic carbocycles. The van der Waals surface area contributed by atoms with Crippen molar-refractivity contribution in [1.29, 1.82) is 0 Å². The zero-order valence-corrected chi connectivity index (χ0v) is 8.58. The minimum Gasteiger partial charge on any atom is -0.478 e. The van der Waals surface area contributed by atoms with Gasteiger partial charge in [-0.1, -0.05) is 0 Å². The van der Waals surface area contributed by atoms with Gasteiger partial charge in [0.15, 0.2) is 0 Å². The van der Waals surface area contributed by atoms with Crippen molar-refractivity contribution >= 4 is 17.8 Å². The molecular weight excluding hydrogens is 226 g/mol. The van der Waals surface area contributed by atoms with Crippen LogP contribution in [0.4, 0.5) is 0 Å². The van der Waals surface area contributed by atoms with Crippen LogP contribution in [0.15, 0.2) is 36.7 Å². The molecule has 0 fully saturated rings. The number of carbonyl (C=O) groups excluding carboxylic acids is 2. The fourth-order valence-corrected chi connectivity index (χ4v) is 0.882. The van der Waals surface area contributed by atoms with Gasteiger partial charge in [-0.25, -0.2) is 4.79 Å². The molecule has 0 spiro atoms. The highest BCUT2D eigenvalue weighted by atomic mass is 16.4. The van der Waals surface area contributed by atoms with E-state index < -0.39 is 17.8 Å². The maximum atomic E-state index is 11.4. The number of carboxylic acid groups (broad SMARTS) is 1. The van der Waals surface area contributed by atoms with Gasteiger partial charge in [0, 0.05) is 30.1 Å². The smallest absolute Gasteiger partial charge is 0.328 e. The van der Waals surface area contributed by atoms with Gasteiger partial charge in [-0.2, -0.15) is 0 Å². The molecule has 0 aliphatic heterocycles. The molecule has 1 heterocycles. The number of hydrazine groups is 1. The fraction of sp³-hybridized carbons (Fsp3) is 0. The lowest BCUT2D eigenvalue weighted by atomic mass is 10.3. The molecule has 3 N–H and O–H groups in total. The summed E-state index contributed by atoms with van der Waals surface area (Å²) in [5, 5.41) is 8.26. The van der Waals surface area contributed by atoms with Gasteiger partial charge in [-0.3, -0.25) is 25.4 Å². The van der Waals surface area contributed by atoms with Gasteiger partial charge in [0.2, 0.25) is 0 Å². The molecule has 0 radical (unpaired) electrons. The molecule has 0 saturated heterocycles. The summed E-state index contributed by atoms with van der Waals surface area (Å²) < 4.78 is 0. The van der Waals surface area contributed by atoms with Crippen molar-refractivity contribution in [3.05, 3.63) is 42.2 Å². The molecule has 7 nitrogen and oxygen atoms in total. The quantitative estimate of drug-likeness (QED) is 0.482. The van der Waals surface area contributed by atoms with Crippen molar-refractivity contribution in [2.45, 2.75) is 0 Å². The van der Waals surface area contributed by atoms with Crippen molar-refractivity contribution in [2.75, 3.05) is 0 Å². The number of aliphatic carboxylic acids is 1. The zero-order valence-electron chi connectivity index (χ0n) is 8.58. The first-order chi connectivity index (χ1) is 8.09. The van der Waals surface area contributed by atoms with Gasteiger partial charge in [-0.15, -0.1) is 0 Å². The van der Waals surface area contributed by atoms with Crippen molar-refractivity contribution in [2.24, 2.45) is 0 Å². The third-order valence-electron chi connectivity index (χ3n) is 1.62. The highest BCUT2D eigenvalue weighted by molar-refractivity contribution is 5.98. The number of carbonyl (C=O) groups is 3. The van der Waals surface area contributed by atoms with Gasteiger partial charge in [0.1, 0.15) is 0 Å². The number of aromatic nitrogens is 1. The standard InChI is InChI=1S/C10H9N3O4/c14-8(1-2-9(15)16)12-13-10(17)7-3-5-11-6-4-7/h1-6H,(H,12,14)(H,13,17)(H,15,16)/b2-1+. The summed E-state index contributed by atoms with van der Waals surface area (Å²) >= 11 is 0. The highest BCUT2D eigenvalue weighted by Gasteiger charge is 2.04.